The Morgan fingerprint density at radius 1 is 1.26 bits per heavy atom. The first-order valence-corrected chi connectivity index (χ1v) is 9.42. The van der Waals surface area contributed by atoms with Crippen LogP contribution in [0.1, 0.15) is 38.2 Å². The SMILES string of the molecule is Cc1ccccc1OCCOC(=O)CN1C(=O)NC2(CCCCC2C)C1=O. The van der Waals surface area contributed by atoms with E-state index in [0.717, 1.165) is 35.5 Å². The number of rotatable bonds is 6. The zero-order chi connectivity index (χ0) is 19.4. The molecule has 2 fully saturated rings. The van der Waals surface area contributed by atoms with Crippen LogP contribution < -0.4 is 10.1 Å². The van der Waals surface area contributed by atoms with Crippen molar-refractivity contribution in [3.8, 4) is 5.75 Å². The standard InChI is InChI=1S/C20H26N2O5/c1-14-7-3-4-9-16(14)26-11-12-27-17(23)13-22-18(24)20(21-19(22)25)10-6-5-8-15(20)2/h3-4,7,9,15H,5-6,8,10-13H2,1-2H3,(H,21,25). The van der Waals surface area contributed by atoms with Crippen LogP contribution in [0.3, 0.4) is 0 Å². The maximum absolute atomic E-state index is 12.8. The highest BCUT2D eigenvalue weighted by molar-refractivity contribution is 6.08. The molecule has 1 aliphatic carbocycles. The van der Waals surface area contributed by atoms with Gasteiger partial charge < -0.3 is 14.8 Å². The number of ether oxygens (including phenoxy) is 2. The van der Waals surface area contributed by atoms with Crippen molar-refractivity contribution >= 4 is 17.9 Å². The third-order valence-corrected chi connectivity index (χ3v) is 5.49. The molecule has 3 amide bonds. The van der Waals surface area contributed by atoms with Crippen LogP contribution in [0.5, 0.6) is 5.75 Å². The van der Waals surface area contributed by atoms with Gasteiger partial charge in [-0.25, -0.2) is 4.79 Å². The number of hydrogen-bond donors (Lipinski definition) is 1. The fourth-order valence-corrected chi connectivity index (χ4v) is 3.84. The first-order chi connectivity index (χ1) is 12.9. The third-order valence-electron chi connectivity index (χ3n) is 5.49. The number of nitrogens with one attached hydrogen (secondary N) is 1. The maximum Gasteiger partial charge on any atom is 0.326 e. The summed E-state index contributed by atoms with van der Waals surface area (Å²) in [5.74, 6) is -0.137. The van der Waals surface area contributed by atoms with Gasteiger partial charge in [-0.1, -0.05) is 38.0 Å². The van der Waals surface area contributed by atoms with E-state index >= 15 is 0 Å². The number of nitrogens with zero attached hydrogens (tertiary/aromatic N) is 1. The lowest BCUT2D eigenvalue weighted by Gasteiger charge is -2.36. The number of para-hydroxylation sites is 1. The maximum atomic E-state index is 12.8. The molecule has 0 aromatic heterocycles. The van der Waals surface area contributed by atoms with Crippen LogP contribution in [0, 0.1) is 12.8 Å². The first kappa shape index (κ1) is 19.2. The predicted octanol–water partition coefficient (Wildman–Crippen LogP) is 2.42. The Balaban J connectivity index is 1.48. The molecule has 3 rings (SSSR count). The van der Waals surface area contributed by atoms with Gasteiger partial charge >= 0.3 is 12.0 Å². The summed E-state index contributed by atoms with van der Waals surface area (Å²) in [7, 11) is 0. The van der Waals surface area contributed by atoms with Crippen molar-refractivity contribution in [2.24, 2.45) is 5.92 Å². The Hall–Kier alpha value is -2.57. The van der Waals surface area contributed by atoms with Gasteiger partial charge in [0.05, 0.1) is 0 Å². The second-order valence-corrected chi connectivity index (χ2v) is 7.27. The highest BCUT2D eigenvalue weighted by Crippen LogP contribution is 2.38. The Labute approximate surface area is 159 Å². The molecule has 2 aliphatic rings. The van der Waals surface area contributed by atoms with Crippen LogP contribution in [0.4, 0.5) is 4.79 Å². The molecule has 1 aromatic rings. The predicted molar refractivity (Wildman–Crippen MR) is 98.2 cm³/mol. The largest absolute Gasteiger partial charge is 0.490 e. The van der Waals surface area contributed by atoms with Crippen LogP contribution >= 0.6 is 0 Å². The molecular formula is C20H26N2O5. The number of aryl methyl sites for hydroxylation is 1. The summed E-state index contributed by atoms with van der Waals surface area (Å²) < 4.78 is 10.7. The van der Waals surface area contributed by atoms with E-state index in [0.29, 0.717) is 6.42 Å². The van der Waals surface area contributed by atoms with Crippen molar-refractivity contribution in [1.29, 1.82) is 0 Å². The van der Waals surface area contributed by atoms with E-state index < -0.39 is 17.5 Å². The number of amides is 3. The summed E-state index contributed by atoms with van der Waals surface area (Å²) in [4.78, 5) is 38.1. The summed E-state index contributed by atoms with van der Waals surface area (Å²) in [5.41, 5.74) is 0.138. The molecule has 7 nitrogen and oxygen atoms in total. The summed E-state index contributed by atoms with van der Waals surface area (Å²) in [6.07, 6.45) is 3.45. The van der Waals surface area contributed by atoms with Gasteiger partial charge in [0, 0.05) is 0 Å². The summed E-state index contributed by atoms with van der Waals surface area (Å²) >= 11 is 0. The molecule has 1 saturated carbocycles. The molecule has 1 saturated heterocycles. The quantitative estimate of drug-likeness (QED) is 0.470. The van der Waals surface area contributed by atoms with Gasteiger partial charge in [-0.05, 0) is 37.3 Å². The van der Waals surface area contributed by atoms with E-state index in [4.69, 9.17) is 9.47 Å². The summed E-state index contributed by atoms with van der Waals surface area (Å²) in [5, 5.41) is 2.82. The minimum absolute atomic E-state index is 0.0539. The fraction of sp³-hybridized carbons (Fsp3) is 0.550. The molecule has 27 heavy (non-hydrogen) atoms. The van der Waals surface area contributed by atoms with Gasteiger partial charge in [0.15, 0.2) is 0 Å². The topological polar surface area (TPSA) is 84.9 Å². The molecule has 1 aromatic carbocycles. The smallest absolute Gasteiger partial charge is 0.326 e. The molecule has 2 unspecified atom stereocenters. The Kier molecular flexibility index (Phi) is 5.68. The minimum atomic E-state index is -0.858. The van der Waals surface area contributed by atoms with E-state index in [1.807, 2.05) is 38.1 Å². The first-order valence-electron chi connectivity index (χ1n) is 9.42. The van der Waals surface area contributed by atoms with E-state index in [2.05, 4.69) is 5.32 Å². The van der Waals surface area contributed by atoms with Crippen LogP contribution in [0.15, 0.2) is 24.3 Å². The molecule has 1 aliphatic heterocycles. The monoisotopic (exact) mass is 374 g/mol. The number of imide groups is 1. The van der Waals surface area contributed by atoms with E-state index in [1.165, 1.54) is 0 Å². The fourth-order valence-electron chi connectivity index (χ4n) is 3.84. The summed E-state index contributed by atoms with van der Waals surface area (Å²) in [6.45, 7) is 3.79. The van der Waals surface area contributed by atoms with Crippen LogP contribution in [-0.4, -0.2) is 48.1 Å². The normalized spacial score (nSPS) is 24.8. The van der Waals surface area contributed by atoms with Gasteiger partial charge in [-0.15, -0.1) is 0 Å². The number of esters is 1. The third kappa shape index (κ3) is 3.91. The highest BCUT2D eigenvalue weighted by Gasteiger charge is 2.55. The van der Waals surface area contributed by atoms with Crippen molar-refractivity contribution in [3.63, 3.8) is 0 Å². The molecule has 1 N–H and O–H groups in total. The number of hydrogen-bond acceptors (Lipinski definition) is 5. The van der Waals surface area contributed by atoms with Gasteiger partial charge in [0.1, 0.15) is 31.0 Å². The van der Waals surface area contributed by atoms with Gasteiger partial charge in [-0.2, -0.15) is 0 Å². The van der Waals surface area contributed by atoms with E-state index in [1.54, 1.807) is 0 Å². The molecule has 0 bridgehead atoms. The summed E-state index contributed by atoms with van der Waals surface area (Å²) in [6, 6.07) is 7.05. The molecule has 0 radical (unpaired) electrons. The Morgan fingerprint density at radius 2 is 2.04 bits per heavy atom. The molecule has 2 atom stereocenters. The zero-order valence-electron chi connectivity index (χ0n) is 15.8. The number of carbonyl (C=O) groups excluding carboxylic acids is 3. The number of urea groups is 1. The van der Waals surface area contributed by atoms with Crippen molar-refractivity contribution in [3.05, 3.63) is 29.8 Å². The minimum Gasteiger partial charge on any atom is -0.490 e. The van der Waals surface area contributed by atoms with E-state index in [9.17, 15) is 14.4 Å². The van der Waals surface area contributed by atoms with Crippen LogP contribution in [0.25, 0.3) is 0 Å². The molecule has 1 heterocycles. The molecular weight excluding hydrogens is 348 g/mol. The van der Waals surface area contributed by atoms with Gasteiger partial charge in [0.25, 0.3) is 5.91 Å². The molecule has 146 valence electrons. The van der Waals surface area contributed by atoms with Gasteiger partial charge in [0.2, 0.25) is 0 Å². The second kappa shape index (κ2) is 7.98. The molecule has 7 heteroatoms. The lowest BCUT2D eigenvalue weighted by molar-refractivity contribution is -0.149. The Morgan fingerprint density at radius 3 is 2.78 bits per heavy atom. The van der Waals surface area contributed by atoms with Gasteiger partial charge in [-0.3, -0.25) is 14.5 Å². The van der Waals surface area contributed by atoms with Crippen molar-refractivity contribution in [1.82, 2.24) is 10.2 Å². The van der Waals surface area contributed by atoms with Crippen molar-refractivity contribution in [2.45, 2.75) is 45.1 Å². The van der Waals surface area contributed by atoms with Crippen molar-refractivity contribution < 1.29 is 23.9 Å². The zero-order valence-corrected chi connectivity index (χ0v) is 15.8. The lowest BCUT2D eigenvalue weighted by Crippen LogP contribution is -2.54. The average Bonchev–Trinajstić information content (AvgIpc) is 2.88. The molecule has 1 spiro atoms. The lowest BCUT2D eigenvalue weighted by atomic mass is 9.73. The van der Waals surface area contributed by atoms with Crippen LogP contribution in [0.2, 0.25) is 0 Å². The number of benzene rings is 1. The van der Waals surface area contributed by atoms with Crippen LogP contribution in [-0.2, 0) is 14.3 Å². The van der Waals surface area contributed by atoms with Crippen molar-refractivity contribution in [2.75, 3.05) is 19.8 Å². The second-order valence-electron chi connectivity index (χ2n) is 7.27. The highest BCUT2D eigenvalue weighted by atomic mass is 16.6. The number of carbonyl (C=O) groups is 3. The Bertz CT molecular complexity index is 735. The van der Waals surface area contributed by atoms with E-state index in [-0.39, 0.29) is 31.6 Å². The average molecular weight is 374 g/mol.